The fourth-order valence-corrected chi connectivity index (χ4v) is 3.48. The molecule has 1 atom stereocenters. The second kappa shape index (κ2) is 5.59. The number of methoxy groups -OCH3 is 1. The lowest BCUT2D eigenvalue weighted by Crippen LogP contribution is -2.46. The van der Waals surface area contributed by atoms with Gasteiger partial charge < -0.3 is 4.74 Å². The number of hydrogen-bond acceptors (Lipinski definition) is 5. The Morgan fingerprint density at radius 2 is 2.21 bits per heavy atom. The first kappa shape index (κ1) is 14.5. The van der Waals surface area contributed by atoms with E-state index in [2.05, 4.69) is 10.3 Å². The zero-order valence-electron chi connectivity index (χ0n) is 12.1. The van der Waals surface area contributed by atoms with E-state index >= 15 is 0 Å². The Bertz CT molecular complexity index is 441. The van der Waals surface area contributed by atoms with Gasteiger partial charge in [0.1, 0.15) is 11.0 Å². The average Bonchev–Trinajstić information content (AvgIpc) is 2.87. The van der Waals surface area contributed by atoms with Crippen LogP contribution in [0.15, 0.2) is 0 Å². The van der Waals surface area contributed by atoms with Crippen molar-refractivity contribution < 1.29 is 9.53 Å². The first-order valence-corrected chi connectivity index (χ1v) is 7.52. The Morgan fingerprint density at radius 1 is 1.47 bits per heavy atom. The highest BCUT2D eigenvalue weighted by atomic mass is 32.1. The summed E-state index contributed by atoms with van der Waals surface area (Å²) in [5, 5.41) is 4.36. The quantitative estimate of drug-likeness (QED) is 0.861. The lowest BCUT2D eigenvalue weighted by atomic mass is 9.87. The maximum Gasteiger partial charge on any atom is 0.323 e. The number of ether oxygens (including phenoxy) is 1. The Morgan fingerprint density at radius 3 is 2.79 bits per heavy atom. The molecule has 0 aliphatic heterocycles. The summed E-state index contributed by atoms with van der Waals surface area (Å²) in [5.74, 6) is -0.211. The Kier molecular flexibility index (Phi) is 4.26. The summed E-state index contributed by atoms with van der Waals surface area (Å²) in [6, 6.07) is -0.309. The van der Waals surface area contributed by atoms with Crippen molar-refractivity contribution in [2.24, 2.45) is 5.41 Å². The van der Waals surface area contributed by atoms with Crippen molar-refractivity contribution >= 4 is 17.3 Å². The summed E-state index contributed by atoms with van der Waals surface area (Å²) in [5.41, 5.74) is 1.08. The van der Waals surface area contributed by atoms with Crippen molar-refractivity contribution in [3.05, 3.63) is 15.6 Å². The fraction of sp³-hybridized carbons (Fsp3) is 0.714. The lowest BCUT2D eigenvalue weighted by Gasteiger charge is -2.28. The zero-order chi connectivity index (χ0) is 14.0. The van der Waals surface area contributed by atoms with Crippen LogP contribution in [0.1, 0.15) is 42.8 Å². The summed E-state index contributed by atoms with van der Waals surface area (Å²) in [7, 11) is 1.43. The number of esters is 1. The lowest BCUT2D eigenvalue weighted by molar-refractivity contribution is -0.146. The number of carbonyl (C=O) groups is 1. The summed E-state index contributed by atoms with van der Waals surface area (Å²) < 4.78 is 4.87. The van der Waals surface area contributed by atoms with Crippen LogP contribution in [0, 0.1) is 5.41 Å². The number of rotatable bonds is 4. The third-order valence-electron chi connectivity index (χ3n) is 3.40. The highest BCUT2D eigenvalue weighted by Crippen LogP contribution is 2.28. The van der Waals surface area contributed by atoms with Crippen LogP contribution in [0.2, 0.25) is 0 Å². The fourth-order valence-electron chi connectivity index (χ4n) is 2.37. The molecule has 2 rings (SSSR count). The van der Waals surface area contributed by atoms with Gasteiger partial charge in [-0.15, -0.1) is 11.3 Å². The molecule has 1 aliphatic carbocycles. The summed E-state index contributed by atoms with van der Waals surface area (Å²) in [4.78, 5) is 17.9. The van der Waals surface area contributed by atoms with Crippen molar-refractivity contribution in [2.75, 3.05) is 7.11 Å². The van der Waals surface area contributed by atoms with Crippen molar-refractivity contribution in [3.63, 3.8) is 0 Å². The van der Waals surface area contributed by atoms with Gasteiger partial charge in [0.15, 0.2) is 0 Å². The van der Waals surface area contributed by atoms with Gasteiger partial charge in [-0.25, -0.2) is 4.98 Å². The van der Waals surface area contributed by atoms with E-state index in [1.807, 2.05) is 20.8 Å². The first-order valence-electron chi connectivity index (χ1n) is 6.70. The van der Waals surface area contributed by atoms with E-state index in [1.54, 1.807) is 11.3 Å². The van der Waals surface area contributed by atoms with Gasteiger partial charge in [-0.05, 0) is 24.7 Å². The van der Waals surface area contributed by atoms with E-state index in [0.717, 1.165) is 17.8 Å². The molecule has 0 fully saturated rings. The van der Waals surface area contributed by atoms with Crippen molar-refractivity contribution in [3.8, 4) is 0 Å². The molecule has 19 heavy (non-hydrogen) atoms. The molecule has 5 heteroatoms. The number of aromatic nitrogens is 1. The molecule has 0 saturated heterocycles. The van der Waals surface area contributed by atoms with E-state index in [4.69, 9.17) is 4.74 Å². The predicted octanol–water partition coefficient (Wildman–Crippen LogP) is 2.31. The van der Waals surface area contributed by atoms with Gasteiger partial charge in [0.25, 0.3) is 0 Å². The van der Waals surface area contributed by atoms with Crippen LogP contribution in [0.5, 0.6) is 0 Å². The van der Waals surface area contributed by atoms with E-state index in [1.165, 1.54) is 24.1 Å². The monoisotopic (exact) mass is 282 g/mol. The largest absolute Gasteiger partial charge is 0.468 e. The van der Waals surface area contributed by atoms with Crippen LogP contribution in [-0.2, 0) is 28.9 Å². The second-order valence-corrected chi connectivity index (χ2v) is 7.20. The van der Waals surface area contributed by atoms with E-state index in [-0.39, 0.29) is 17.4 Å². The number of carbonyl (C=O) groups excluding carboxylic acids is 1. The van der Waals surface area contributed by atoms with Crippen LogP contribution < -0.4 is 5.32 Å². The van der Waals surface area contributed by atoms with Gasteiger partial charge in [-0.3, -0.25) is 10.1 Å². The Labute approximate surface area is 118 Å². The molecule has 0 aromatic carbocycles. The van der Waals surface area contributed by atoms with E-state index in [9.17, 15) is 4.79 Å². The number of nitrogens with zero attached hydrogens (tertiary/aromatic N) is 1. The molecule has 1 aromatic heterocycles. The van der Waals surface area contributed by atoms with Crippen LogP contribution in [-0.4, -0.2) is 24.1 Å². The maximum absolute atomic E-state index is 11.8. The smallest absolute Gasteiger partial charge is 0.323 e. The average molecular weight is 282 g/mol. The highest BCUT2D eigenvalue weighted by molar-refractivity contribution is 7.11. The molecule has 1 heterocycles. The van der Waals surface area contributed by atoms with E-state index in [0.29, 0.717) is 6.54 Å². The number of thiazole rings is 1. The third-order valence-corrected chi connectivity index (χ3v) is 4.56. The zero-order valence-corrected chi connectivity index (χ0v) is 12.9. The molecular weight excluding hydrogens is 260 g/mol. The molecule has 0 saturated carbocycles. The minimum Gasteiger partial charge on any atom is -0.468 e. The molecular formula is C14H22N2O2S. The van der Waals surface area contributed by atoms with Gasteiger partial charge in [0, 0.05) is 11.4 Å². The minimum atomic E-state index is -0.309. The summed E-state index contributed by atoms with van der Waals surface area (Å²) >= 11 is 1.77. The predicted molar refractivity (Wildman–Crippen MR) is 76.2 cm³/mol. The van der Waals surface area contributed by atoms with Gasteiger partial charge in [-0.1, -0.05) is 20.8 Å². The van der Waals surface area contributed by atoms with Gasteiger partial charge in [-0.2, -0.15) is 0 Å². The molecule has 106 valence electrons. The van der Waals surface area contributed by atoms with E-state index < -0.39 is 0 Å². The molecule has 0 bridgehead atoms. The van der Waals surface area contributed by atoms with Gasteiger partial charge in [0.2, 0.25) is 0 Å². The Hall–Kier alpha value is -0.940. The molecule has 0 unspecified atom stereocenters. The number of fused-ring (bicyclic) bond motifs is 1. The number of aryl methyl sites for hydroxylation is 2. The highest BCUT2D eigenvalue weighted by Gasteiger charge is 2.32. The molecule has 1 N–H and O–H groups in total. The maximum atomic E-state index is 11.8. The van der Waals surface area contributed by atoms with Crippen molar-refractivity contribution in [1.82, 2.24) is 10.3 Å². The Balaban J connectivity index is 2.00. The van der Waals surface area contributed by atoms with Crippen LogP contribution >= 0.6 is 11.3 Å². The van der Waals surface area contributed by atoms with Crippen molar-refractivity contribution in [1.29, 1.82) is 0 Å². The normalized spacial score (nSPS) is 16.2. The summed E-state index contributed by atoms with van der Waals surface area (Å²) in [6.45, 7) is 6.73. The van der Waals surface area contributed by atoms with Gasteiger partial charge >= 0.3 is 5.97 Å². The number of hydrogen-bond donors (Lipinski definition) is 1. The van der Waals surface area contributed by atoms with Crippen molar-refractivity contribution in [2.45, 2.75) is 52.6 Å². The molecule has 0 radical (unpaired) electrons. The van der Waals surface area contributed by atoms with Crippen LogP contribution in [0.3, 0.4) is 0 Å². The molecule has 0 amide bonds. The molecule has 1 aliphatic rings. The second-order valence-electron chi connectivity index (χ2n) is 6.03. The standard InChI is InChI=1S/C14H22N2O2S/c1-14(2,3)12(13(17)18-4)15-8-11-16-9-6-5-7-10(9)19-11/h12,15H,5-8H2,1-4H3/t12-/m1/s1. The first-order chi connectivity index (χ1) is 8.91. The molecule has 0 spiro atoms. The SMILES string of the molecule is COC(=O)[C@@H](NCc1nc2c(s1)CCC2)C(C)(C)C. The van der Waals surface area contributed by atoms with Crippen LogP contribution in [0.4, 0.5) is 0 Å². The molecule has 4 nitrogen and oxygen atoms in total. The number of nitrogens with one attached hydrogen (secondary N) is 1. The topological polar surface area (TPSA) is 51.2 Å². The third kappa shape index (κ3) is 3.34. The summed E-state index contributed by atoms with van der Waals surface area (Å²) in [6.07, 6.45) is 3.49. The van der Waals surface area contributed by atoms with Gasteiger partial charge in [0.05, 0.1) is 12.8 Å². The minimum absolute atomic E-state index is 0.174. The van der Waals surface area contributed by atoms with Crippen LogP contribution in [0.25, 0.3) is 0 Å². The molecule has 1 aromatic rings.